The second kappa shape index (κ2) is 6.71. The van der Waals surface area contributed by atoms with E-state index in [1.54, 1.807) is 0 Å². The maximum absolute atomic E-state index is 13.1. The van der Waals surface area contributed by atoms with Gasteiger partial charge in [0.1, 0.15) is 0 Å². The maximum atomic E-state index is 13.1. The predicted octanol–water partition coefficient (Wildman–Crippen LogP) is 3.43. The van der Waals surface area contributed by atoms with Gasteiger partial charge < -0.3 is 10.3 Å². The molecule has 0 amide bonds. The minimum atomic E-state index is -0.352. The number of rotatable bonds is 4. The predicted molar refractivity (Wildman–Crippen MR) is 94.7 cm³/mol. The molecule has 2 aromatic rings. The Kier molecular flexibility index (Phi) is 4.67. The van der Waals surface area contributed by atoms with E-state index in [0.717, 1.165) is 30.5 Å². The van der Waals surface area contributed by atoms with Crippen molar-refractivity contribution in [3.63, 3.8) is 0 Å². The molecular weight excluding hydrogens is 284 g/mol. The molecule has 1 unspecified atom stereocenters. The Hall–Kier alpha value is -1.87. The smallest absolute Gasteiger partial charge is 0.255 e. The lowest BCUT2D eigenvalue weighted by Gasteiger charge is -2.25. The molecule has 122 valence electrons. The van der Waals surface area contributed by atoms with E-state index in [0.29, 0.717) is 5.92 Å². The molecule has 1 aliphatic carbocycles. The first-order valence-electron chi connectivity index (χ1n) is 8.64. The molecule has 1 atom stereocenters. The first kappa shape index (κ1) is 16.0. The van der Waals surface area contributed by atoms with E-state index >= 15 is 0 Å². The normalized spacial score (nSPS) is 15.5. The van der Waals surface area contributed by atoms with Crippen LogP contribution in [0.25, 0.3) is 0 Å². The second-order valence-electron chi connectivity index (χ2n) is 6.98. The van der Waals surface area contributed by atoms with Crippen molar-refractivity contribution in [1.82, 2.24) is 4.57 Å². The summed E-state index contributed by atoms with van der Waals surface area (Å²) in [5, 5.41) is 0. The topological polar surface area (TPSA) is 48.0 Å². The van der Waals surface area contributed by atoms with Crippen molar-refractivity contribution in [2.45, 2.75) is 52.1 Å². The Balaban J connectivity index is 2.12. The summed E-state index contributed by atoms with van der Waals surface area (Å²) < 4.78 is 2.00. The molecule has 1 aromatic carbocycles. The fourth-order valence-electron chi connectivity index (χ4n) is 3.53. The number of fused-ring (bicyclic) bond motifs is 1. The molecule has 0 spiro atoms. The molecule has 0 radical (unpaired) electrons. The summed E-state index contributed by atoms with van der Waals surface area (Å²) in [6, 6.07) is 11.6. The lowest BCUT2D eigenvalue weighted by atomic mass is 9.91. The molecule has 2 N–H and O–H groups in total. The van der Waals surface area contributed by atoms with E-state index < -0.39 is 0 Å². The van der Waals surface area contributed by atoms with Gasteiger partial charge in [-0.25, -0.2) is 0 Å². The van der Waals surface area contributed by atoms with Crippen LogP contribution >= 0.6 is 0 Å². The van der Waals surface area contributed by atoms with Gasteiger partial charge in [-0.3, -0.25) is 4.79 Å². The first-order chi connectivity index (χ1) is 11.1. The van der Waals surface area contributed by atoms with Crippen LogP contribution in [0.3, 0.4) is 0 Å². The number of nitrogens with zero attached hydrogens (tertiary/aromatic N) is 1. The van der Waals surface area contributed by atoms with Gasteiger partial charge in [0.2, 0.25) is 0 Å². The number of pyridine rings is 1. The largest absolute Gasteiger partial charge is 0.320 e. The van der Waals surface area contributed by atoms with E-state index in [1.807, 2.05) is 34.9 Å². The summed E-state index contributed by atoms with van der Waals surface area (Å²) in [5.74, 6) is 0.446. The third-order valence-corrected chi connectivity index (χ3v) is 4.67. The minimum Gasteiger partial charge on any atom is -0.320 e. The van der Waals surface area contributed by atoms with Crippen molar-refractivity contribution in [1.29, 1.82) is 0 Å². The van der Waals surface area contributed by atoms with Gasteiger partial charge in [-0.1, -0.05) is 44.2 Å². The van der Waals surface area contributed by atoms with E-state index in [4.69, 9.17) is 5.73 Å². The van der Waals surface area contributed by atoms with Crippen molar-refractivity contribution < 1.29 is 0 Å². The molecule has 1 heterocycles. The van der Waals surface area contributed by atoms with E-state index in [-0.39, 0.29) is 11.6 Å². The summed E-state index contributed by atoms with van der Waals surface area (Å²) in [6.45, 7) is 5.09. The Morgan fingerprint density at radius 3 is 2.52 bits per heavy atom. The highest BCUT2D eigenvalue weighted by Crippen LogP contribution is 2.25. The standard InChI is InChI=1S/C20H26N2O/c1-14(2)13-22-18-11-7-6-10-16(18)12-17(20(22)23)19(21)15-8-4-3-5-9-15/h3-5,8-9,12,14,19H,6-7,10-11,13,21H2,1-2H3. The average molecular weight is 310 g/mol. The number of hydrogen-bond donors (Lipinski definition) is 1. The molecule has 0 fully saturated rings. The lowest BCUT2D eigenvalue weighted by Crippen LogP contribution is -2.34. The fourth-order valence-corrected chi connectivity index (χ4v) is 3.53. The Morgan fingerprint density at radius 1 is 1.13 bits per heavy atom. The molecule has 1 aliphatic rings. The lowest BCUT2D eigenvalue weighted by molar-refractivity contribution is 0.476. The first-order valence-corrected chi connectivity index (χ1v) is 8.64. The molecule has 0 saturated heterocycles. The molecule has 23 heavy (non-hydrogen) atoms. The van der Waals surface area contributed by atoms with Crippen LogP contribution in [0.5, 0.6) is 0 Å². The quantitative estimate of drug-likeness (QED) is 0.940. The van der Waals surface area contributed by atoms with Crippen molar-refractivity contribution in [3.05, 3.63) is 69.1 Å². The zero-order valence-corrected chi connectivity index (χ0v) is 14.1. The number of aromatic nitrogens is 1. The number of benzene rings is 1. The molecule has 1 aromatic heterocycles. The van der Waals surface area contributed by atoms with Crippen LogP contribution in [0.2, 0.25) is 0 Å². The van der Waals surface area contributed by atoms with Gasteiger partial charge in [0.15, 0.2) is 0 Å². The van der Waals surface area contributed by atoms with Crippen molar-refractivity contribution in [2.24, 2.45) is 11.7 Å². The Morgan fingerprint density at radius 2 is 1.83 bits per heavy atom. The van der Waals surface area contributed by atoms with Crippen LogP contribution in [-0.2, 0) is 19.4 Å². The highest BCUT2D eigenvalue weighted by atomic mass is 16.1. The highest BCUT2D eigenvalue weighted by Gasteiger charge is 2.21. The minimum absolute atomic E-state index is 0.0932. The van der Waals surface area contributed by atoms with E-state index in [2.05, 4.69) is 19.9 Å². The fraction of sp³-hybridized carbons (Fsp3) is 0.450. The van der Waals surface area contributed by atoms with Gasteiger partial charge in [0.05, 0.1) is 6.04 Å². The molecule has 3 heteroatoms. The zero-order chi connectivity index (χ0) is 16.4. The third-order valence-electron chi connectivity index (χ3n) is 4.67. The monoisotopic (exact) mass is 310 g/mol. The van der Waals surface area contributed by atoms with Gasteiger partial charge in [0.25, 0.3) is 5.56 Å². The van der Waals surface area contributed by atoms with Crippen LogP contribution in [0.4, 0.5) is 0 Å². The van der Waals surface area contributed by atoms with E-state index in [9.17, 15) is 4.79 Å². The van der Waals surface area contributed by atoms with Gasteiger partial charge >= 0.3 is 0 Å². The Bertz CT molecular complexity index is 731. The van der Waals surface area contributed by atoms with Gasteiger partial charge in [-0.15, -0.1) is 0 Å². The summed E-state index contributed by atoms with van der Waals surface area (Å²) in [4.78, 5) is 13.1. The SMILES string of the molecule is CC(C)Cn1c2c(cc(C(N)c3ccccc3)c1=O)CCCC2. The average Bonchev–Trinajstić information content (AvgIpc) is 2.57. The van der Waals surface area contributed by atoms with Crippen molar-refractivity contribution >= 4 is 0 Å². The second-order valence-corrected chi connectivity index (χ2v) is 6.98. The van der Waals surface area contributed by atoms with Crippen LogP contribution in [-0.4, -0.2) is 4.57 Å². The summed E-state index contributed by atoms with van der Waals surface area (Å²) in [6.07, 6.45) is 4.45. The molecule has 0 aliphatic heterocycles. The Labute approximate surface area is 138 Å². The number of hydrogen-bond acceptors (Lipinski definition) is 2. The maximum Gasteiger partial charge on any atom is 0.255 e. The molecule has 3 nitrogen and oxygen atoms in total. The highest BCUT2D eigenvalue weighted by molar-refractivity contribution is 5.35. The number of aryl methyl sites for hydroxylation is 1. The summed E-state index contributed by atoms with van der Waals surface area (Å²) in [7, 11) is 0. The van der Waals surface area contributed by atoms with Crippen molar-refractivity contribution in [2.75, 3.05) is 0 Å². The molecule has 0 saturated carbocycles. The third kappa shape index (κ3) is 3.25. The molecule has 0 bridgehead atoms. The van der Waals surface area contributed by atoms with Gasteiger partial charge in [0, 0.05) is 17.8 Å². The van der Waals surface area contributed by atoms with Crippen LogP contribution in [0, 0.1) is 5.92 Å². The van der Waals surface area contributed by atoms with Crippen LogP contribution < -0.4 is 11.3 Å². The van der Waals surface area contributed by atoms with Gasteiger partial charge in [-0.05, 0) is 48.8 Å². The van der Waals surface area contributed by atoms with Gasteiger partial charge in [-0.2, -0.15) is 0 Å². The summed E-state index contributed by atoms with van der Waals surface area (Å²) in [5.41, 5.74) is 10.8. The summed E-state index contributed by atoms with van der Waals surface area (Å²) >= 11 is 0. The van der Waals surface area contributed by atoms with Crippen LogP contribution in [0.1, 0.15) is 55.1 Å². The molecular formula is C20H26N2O. The number of nitrogens with two attached hydrogens (primary N) is 1. The zero-order valence-electron chi connectivity index (χ0n) is 14.1. The molecule has 3 rings (SSSR count). The van der Waals surface area contributed by atoms with Crippen LogP contribution in [0.15, 0.2) is 41.2 Å². The van der Waals surface area contributed by atoms with Crippen molar-refractivity contribution in [3.8, 4) is 0 Å². The van der Waals surface area contributed by atoms with E-state index in [1.165, 1.54) is 24.1 Å².